The number of ether oxygens (including phenoxy) is 1. The van der Waals surface area contributed by atoms with Gasteiger partial charge in [-0.15, -0.1) is 0 Å². The highest BCUT2D eigenvalue weighted by Gasteiger charge is 2.16. The molecule has 1 rings (SSSR count). The summed E-state index contributed by atoms with van der Waals surface area (Å²) in [6, 6.07) is 7.04. The summed E-state index contributed by atoms with van der Waals surface area (Å²) in [4.78, 5) is 12.0. The van der Waals surface area contributed by atoms with Crippen LogP contribution in [-0.4, -0.2) is 24.0 Å². The second kappa shape index (κ2) is 7.24. The quantitative estimate of drug-likeness (QED) is 0.757. The van der Waals surface area contributed by atoms with Gasteiger partial charge in [0, 0.05) is 12.1 Å². The molecule has 0 aliphatic heterocycles. The molecule has 1 aromatic carbocycles. The summed E-state index contributed by atoms with van der Waals surface area (Å²) in [7, 11) is 0. The van der Waals surface area contributed by atoms with Crippen molar-refractivity contribution in [2.75, 3.05) is 13.2 Å². The highest BCUT2D eigenvalue weighted by atomic mass is 32.1. The molecule has 0 unspecified atom stereocenters. The first-order valence-electron chi connectivity index (χ1n) is 6.63. The van der Waals surface area contributed by atoms with E-state index in [9.17, 15) is 4.79 Å². The molecule has 20 heavy (non-hydrogen) atoms. The van der Waals surface area contributed by atoms with E-state index in [0.29, 0.717) is 17.3 Å². The molecular weight excluding hydrogens is 272 g/mol. The van der Waals surface area contributed by atoms with Crippen molar-refractivity contribution in [1.29, 1.82) is 0 Å². The van der Waals surface area contributed by atoms with Gasteiger partial charge in [-0.1, -0.05) is 33.0 Å². The van der Waals surface area contributed by atoms with Crippen molar-refractivity contribution in [3.63, 3.8) is 0 Å². The van der Waals surface area contributed by atoms with Crippen molar-refractivity contribution in [3.05, 3.63) is 29.8 Å². The van der Waals surface area contributed by atoms with Gasteiger partial charge in [0.05, 0.1) is 0 Å². The fourth-order valence-corrected chi connectivity index (χ4v) is 1.51. The van der Waals surface area contributed by atoms with Crippen molar-refractivity contribution >= 4 is 23.1 Å². The van der Waals surface area contributed by atoms with Gasteiger partial charge in [0.25, 0.3) is 5.91 Å². The van der Waals surface area contributed by atoms with E-state index in [-0.39, 0.29) is 17.9 Å². The molecule has 4 nitrogen and oxygen atoms in total. The van der Waals surface area contributed by atoms with Crippen molar-refractivity contribution in [2.24, 2.45) is 11.1 Å². The van der Waals surface area contributed by atoms with E-state index in [1.165, 1.54) is 0 Å². The Balaban J connectivity index is 2.39. The van der Waals surface area contributed by atoms with Gasteiger partial charge in [0.1, 0.15) is 10.7 Å². The standard InChI is InChI=1S/C15H22N2O2S/c1-4-15(2,3)10-17-13(18)9-19-12-7-5-11(6-8-12)14(16)20/h5-8H,4,9-10H2,1-3H3,(H2,16,20)(H,17,18). The molecule has 0 saturated carbocycles. The molecule has 0 aliphatic rings. The average molecular weight is 294 g/mol. The number of thiocarbonyl (C=S) groups is 1. The molecule has 1 aromatic rings. The van der Waals surface area contributed by atoms with Crippen molar-refractivity contribution in [2.45, 2.75) is 27.2 Å². The van der Waals surface area contributed by atoms with Crippen LogP contribution in [0.15, 0.2) is 24.3 Å². The average Bonchev–Trinajstić information content (AvgIpc) is 2.43. The third-order valence-electron chi connectivity index (χ3n) is 3.23. The van der Waals surface area contributed by atoms with Gasteiger partial charge < -0.3 is 15.8 Å². The molecule has 5 heteroatoms. The second-order valence-corrected chi connectivity index (χ2v) is 5.91. The SMILES string of the molecule is CCC(C)(C)CNC(=O)COc1ccc(C(N)=S)cc1. The van der Waals surface area contributed by atoms with Crippen molar-refractivity contribution in [3.8, 4) is 5.75 Å². The first-order valence-corrected chi connectivity index (χ1v) is 7.04. The molecule has 0 spiro atoms. The van der Waals surface area contributed by atoms with Gasteiger partial charge in [-0.25, -0.2) is 0 Å². The summed E-state index contributed by atoms with van der Waals surface area (Å²) >= 11 is 4.87. The van der Waals surface area contributed by atoms with E-state index in [1.807, 2.05) is 0 Å². The molecular formula is C15H22N2O2S. The van der Waals surface area contributed by atoms with Gasteiger partial charge >= 0.3 is 0 Å². The maximum absolute atomic E-state index is 11.7. The zero-order chi connectivity index (χ0) is 15.2. The molecule has 0 radical (unpaired) electrons. The maximum atomic E-state index is 11.7. The minimum atomic E-state index is -0.120. The molecule has 0 aromatic heterocycles. The number of nitrogens with two attached hydrogens (primary N) is 1. The summed E-state index contributed by atoms with van der Waals surface area (Å²) < 4.78 is 5.41. The molecule has 0 heterocycles. The summed E-state index contributed by atoms with van der Waals surface area (Å²) in [6.45, 7) is 6.98. The Kier molecular flexibility index (Phi) is 5.95. The van der Waals surface area contributed by atoms with Gasteiger partial charge in [-0.05, 0) is 36.1 Å². The third kappa shape index (κ3) is 5.57. The molecule has 0 bridgehead atoms. The summed E-state index contributed by atoms with van der Waals surface area (Å²) in [5.41, 5.74) is 6.39. The van der Waals surface area contributed by atoms with Gasteiger partial charge in [0.2, 0.25) is 0 Å². The van der Waals surface area contributed by atoms with E-state index in [1.54, 1.807) is 24.3 Å². The van der Waals surface area contributed by atoms with Crippen LogP contribution in [0.1, 0.15) is 32.8 Å². The number of carbonyl (C=O) groups excluding carboxylic acids is 1. The van der Waals surface area contributed by atoms with Crippen LogP contribution in [-0.2, 0) is 4.79 Å². The number of carbonyl (C=O) groups is 1. The lowest BCUT2D eigenvalue weighted by Crippen LogP contribution is -2.36. The van der Waals surface area contributed by atoms with E-state index in [2.05, 4.69) is 26.1 Å². The zero-order valence-corrected chi connectivity index (χ0v) is 13.0. The normalized spacial score (nSPS) is 10.9. The molecule has 0 fully saturated rings. The zero-order valence-electron chi connectivity index (χ0n) is 12.2. The van der Waals surface area contributed by atoms with E-state index >= 15 is 0 Å². The van der Waals surface area contributed by atoms with Crippen LogP contribution in [0.3, 0.4) is 0 Å². The summed E-state index contributed by atoms with van der Waals surface area (Å²) in [6.07, 6.45) is 1.01. The van der Waals surface area contributed by atoms with Gasteiger partial charge in [-0.3, -0.25) is 4.79 Å². The van der Waals surface area contributed by atoms with Gasteiger partial charge in [0.15, 0.2) is 6.61 Å². The third-order valence-corrected chi connectivity index (χ3v) is 3.47. The fourth-order valence-electron chi connectivity index (χ4n) is 1.38. The molecule has 0 atom stereocenters. The Bertz CT molecular complexity index is 469. The first kappa shape index (κ1) is 16.4. The maximum Gasteiger partial charge on any atom is 0.257 e. The van der Waals surface area contributed by atoms with E-state index in [0.717, 1.165) is 12.0 Å². The lowest BCUT2D eigenvalue weighted by atomic mass is 9.90. The lowest BCUT2D eigenvalue weighted by Gasteiger charge is -2.22. The minimum absolute atomic E-state index is 0.00616. The highest BCUT2D eigenvalue weighted by molar-refractivity contribution is 7.80. The Morgan fingerprint density at radius 2 is 1.95 bits per heavy atom. The second-order valence-electron chi connectivity index (χ2n) is 5.47. The Morgan fingerprint density at radius 3 is 2.45 bits per heavy atom. The number of rotatable bonds is 7. The van der Waals surface area contributed by atoms with Crippen molar-refractivity contribution in [1.82, 2.24) is 5.32 Å². The smallest absolute Gasteiger partial charge is 0.257 e. The number of benzene rings is 1. The van der Waals surface area contributed by atoms with Crippen LogP contribution in [0.5, 0.6) is 5.75 Å². The predicted molar refractivity (Wildman–Crippen MR) is 84.9 cm³/mol. The topological polar surface area (TPSA) is 64.3 Å². The number of hydrogen-bond donors (Lipinski definition) is 2. The Labute approximate surface area is 125 Å². The van der Waals surface area contributed by atoms with E-state index < -0.39 is 0 Å². The van der Waals surface area contributed by atoms with Crippen LogP contribution in [0, 0.1) is 5.41 Å². The number of nitrogens with one attached hydrogen (secondary N) is 1. The Hall–Kier alpha value is -1.62. The van der Waals surface area contributed by atoms with E-state index in [4.69, 9.17) is 22.7 Å². The summed E-state index contributed by atoms with van der Waals surface area (Å²) in [5, 5.41) is 2.87. The fraction of sp³-hybridized carbons (Fsp3) is 0.467. The highest BCUT2D eigenvalue weighted by Crippen LogP contribution is 2.17. The molecule has 0 saturated heterocycles. The van der Waals surface area contributed by atoms with Crippen LogP contribution < -0.4 is 15.8 Å². The van der Waals surface area contributed by atoms with Crippen molar-refractivity contribution < 1.29 is 9.53 Å². The lowest BCUT2D eigenvalue weighted by molar-refractivity contribution is -0.123. The van der Waals surface area contributed by atoms with Crippen LogP contribution in [0.4, 0.5) is 0 Å². The minimum Gasteiger partial charge on any atom is -0.484 e. The van der Waals surface area contributed by atoms with Crippen LogP contribution >= 0.6 is 12.2 Å². The molecule has 1 amide bonds. The molecule has 3 N–H and O–H groups in total. The van der Waals surface area contributed by atoms with Crippen LogP contribution in [0.25, 0.3) is 0 Å². The largest absolute Gasteiger partial charge is 0.484 e. The Morgan fingerprint density at radius 1 is 1.35 bits per heavy atom. The predicted octanol–water partition coefficient (Wildman–Crippen LogP) is 2.25. The summed E-state index contributed by atoms with van der Waals surface area (Å²) in [5.74, 6) is 0.500. The monoisotopic (exact) mass is 294 g/mol. The molecule has 110 valence electrons. The van der Waals surface area contributed by atoms with Gasteiger partial charge in [-0.2, -0.15) is 0 Å². The van der Waals surface area contributed by atoms with Crippen LogP contribution in [0.2, 0.25) is 0 Å². The molecule has 0 aliphatic carbocycles. The number of hydrogen-bond acceptors (Lipinski definition) is 3. The first-order chi connectivity index (χ1) is 9.34. The number of amides is 1.